The van der Waals surface area contributed by atoms with Crippen molar-refractivity contribution in [3.63, 3.8) is 0 Å². The van der Waals surface area contributed by atoms with Crippen LogP contribution >= 0.6 is 0 Å². The lowest BCUT2D eigenvalue weighted by Crippen LogP contribution is -2.50. The Hall–Kier alpha value is -1.55. The SMILES string of the molecule is CN(C)CC(=O)N1CCN(c2cc[c]cc2)CC1. The van der Waals surface area contributed by atoms with Crippen molar-refractivity contribution in [1.29, 1.82) is 0 Å². The van der Waals surface area contributed by atoms with Crippen molar-refractivity contribution in [1.82, 2.24) is 9.80 Å². The summed E-state index contributed by atoms with van der Waals surface area (Å²) in [4.78, 5) is 18.1. The van der Waals surface area contributed by atoms with Gasteiger partial charge in [-0.3, -0.25) is 4.79 Å². The van der Waals surface area contributed by atoms with E-state index in [4.69, 9.17) is 0 Å². The Morgan fingerprint density at radius 2 is 1.83 bits per heavy atom. The molecule has 1 aromatic carbocycles. The highest BCUT2D eigenvalue weighted by atomic mass is 16.2. The Morgan fingerprint density at radius 3 is 2.39 bits per heavy atom. The second-order valence-electron chi connectivity index (χ2n) is 4.86. The first-order valence-electron chi connectivity index (χ1n) is 6.30. The van der Waals surface area contributed by atoms with Crippen LogP contribution < -0.4 is 4.90 Å². The maximum absolute atomic E-state index is 11.9. The Bertz CT molecular complexity index is 383. The quantitative estimate of drug-likeness (QED) is 0.785. The smallest absolute Gasteiger partial charge is 0.236 e. The topological polar surface area (TPSA) is 26.8 Å². The van der Waals surface area contributed by atoms with Crippen LogP contribution in [-0.2, 0) is 4.79 Å². The molecule has 1 amide bonds. The minimum Gasteiger partial charge on any atom is -0.368 e. The summed E-state index contributed by atoms with van der Waals surface area (Å²) in [7, 11) is 3.85. The van der Waals surface area contributed by atoms with Crippen LogP contribution in [0.2, 0.25) is 0 Å². The molecule has 1 aromatic rings. The molecule has 4 heteroatoms. The van der Waals surface area contributed by atoms with E-state index in [-0.39, 0.29) is 5.91 Å². The molecule has 97 valence electrons. The van der Waals surface area contributed by atoms with E-state index < -0.39 is 0 Å². The number of carbonyl (C=O) groups is 1. The van der Waals surface area contributed by atoms with Crippen molar-refractivity contribution < 1.29 is 4.79 Å². The molecule has 0 atom stereocenters. The molecule has 0 aromatic heterocycles. The third kappa shape index (κ3) is 3.23. The zero-order valence-electron chi connectivity index (χ0n) is 11.1. The average molecular weight is 246 g/mol. The molecule has 1 radical (unpaired) electrons. The molecule has 1 aliphatic heterocycles. The highest BCUT2D eigenvalue weighted by Gasteiger charge is 2.21. The van der Waals surface area contributed by atoms with Gasteiger partial charge in [-0.1, -0.05) is 12.1 Å². The fourth-order valence-corrected chi connectivity index (χ4v) is 2.17. The summed E-state index contributed by atoms with van der Waals surface area (Å²) in [6, 6.07) is 11.0. The maximum atomic E-state index is 11.9. The number of rotatable bonds is 3. The predicted molar refractivity (Wildman–Crippen MR) is 72.6 cm³/mol. The van der Waals surface area contributed by atoms with E-state index in [1.54, 1.807) is 0 Å². The van der Waals surface area contributed by atoms with Gasteiger partial charge in [-0.25, -0.2) is 0 Å². The number of nitrogens with zero attached hydrogens (tertiary/aromatic N) is 3. The molecule has 0 aliphatic carbocycles. The summed E-state index contributed by atoms with van der Waals surface area (Å²) in [5.74, 6) is 0.223. The molecular weight excluding hydrogens is 226 g/mol. The van der Waals surface area contributed by atoms with E-state index in [1.165, 1.54) is 5.69 Å². The van der Waals surface area contributed by atoms with Gasteiger partial charge in [0.1, 0.15) is 0 Å². The minimum absolute atomic E-state index is 0.223. The lowest BCUT2D eigenvalue weighted by Gasteiger charge is -2.36. The van der Waals surface area contributed by atoms with Crippen LogP contribution in [0.4, 0.5) is 5.69 Å². The van der Waals surface area contributed by atoms with Gasteiger partial charge in [0.15, 0.2) is 0 Å². The molecule has 0 saturated carbocycles. The van der Waals surface area contributed by atoms with Crippen molar-refractivity contribution in [3.05, 3.63) is 30.3 Å². The second kappa shape index (κ2) is 5.87. The van der Waals surface area contributed by atoms with Crippen molar-refractivity contribution in [2.45, 2.75) is 0 Å². The Balaban J connectivity index is 1.87. The Kier molecular flexibility index (Phi) is 4.20. The molecule has 4 nitrogen and oxygen atoms in total. The Labute approximate surface area is 109 Å². The van der Waals surface area contributed by atoms with Crippen LogP contribution in [0.5, 0.6) is 0 Å². The van der Waals surface area contributed by atoms with Crippen molar-refractivity contribution in [2.24, 2.45) is 0 Å². The fraction of sp³-hybridized carbons (Fsp3) is 0.500. The highest BCUT2D eigenvalue weighted by molar-refractivity contribution is 5.78. The molecule has 1 fully saturated rings. The zero-order chi connectivity index (χ0) is 13.0. The standard InChI is InChI=1S/C14H20N3O/c1-15(2)12-14(18)17-10-8-16(9-11-17)13-6-4-3-5-7-13/h4-7H,8-12H2,1-2H3. The van der Waals surface area contributed by atoms with E-state index in [2.05, 4.69) is 23.1 Å². The zero-order valence-corrected chi connectivity index (χ0v) is 11.1. The van der Waals surface area contributed by atoms with E-state index >= 15 is 0 Å². The summed E-state index contributed by atoms with van der Waals surface area (Å²) in [5.41, 5.74) is 1.22. The molecule has 1 heterocycles. The predicted octanol–water partition coefficient (Wildman–Crippen LogP) is 0.697. The molecule has 0 bridgehead atoms. The van der Waals surface area contributed by atoms with E-state index in [0.717, 1.165) is 26.2 Å². The van der Waals surface area contributed by atoms with Gasteiger partial charge in [0.25, 0.3) is 0 Å². The van der Waals surface area contributed by atoms with Crippen LogP contribution in [0.3, 0.4) is 0 Å². The first-order chi connectivity index (χ1) is 8.66. The van der Waals surface area contributed by atoms with Gasteiger partial charge in [0.05, 0.1) is 6.54 Å². The summed E-state index contributed by atoms with van der Waals surface area (Å²) in [5, 5.41) is 0. The van der Waals surface area contributed by atoms with Crippen molar-refractivity contribution >= 4 is 11.6 Å². The third-order valence-electron chi connectivity index (χ3n) is 3.15. The molecule has 18 heavy (non-hydrogen) atoms. The Morgan fingerprint density at radius 1 is 1.22 bits per heavy atom. The van der Waals surface area contributed by atoms with Gasteiger partial charge in [-0.15, -0.1) is 0 Å². The number of piperazine rings is 1. The van der Waals surface area contributed by atoms with Crippen LogP contribution in [-0.4, -0.2) is 62.5 Å². The third-order valence-corrected chi connectivity index (χ3v) is 3.15. The van der Waals surface area contributed by atoms with E-state index in [9.17, 15) is 4.79 Å². The molecule has 1 aliphatic rings. The number of carbonyl (C=O) groups excluding carboxylic acids is 1. The van der Waals surface area contributed by atoms with Gasteiger partial charge < -0.3 is 14.7 Å². The van der Waals surface area contributed by atoms with Gasteiger partial charge in [-0.05, 0) is 32.3 Å². The number of hydrogen-bond donors (Lipinski definition) is 0. The summed E-state index contributed by atoms with van der Waals surface area (Å²) < 4.78 is 0. The van der Waals surface area contributed by atoms with Crippen molar-refractivity contribution in [3.8, 4) is 0 Å². The van der Waals surface area contributed by atoms with Gasteiger partial charge in [0, 0.05) is 31.9 Å². The molecule has 0 N–H and O–H groups in total. The van der Waals surface area contributed by atoms with Gasteiger partial charge >= 0.3 is 0 Å². The lowest BCUT2D eigenvalue weighted by atomic mass is 10.2. The summed E-state index contributed by atoms with van der Waals surface area (Å²) in [6.45, 7) is 3.93. The van der Waals surface area contributed by atoms with Crippen LogP contribution in [0.1, 0.15) is 0 Å². The highest BCUT2D eigenvalue weighted by Crippen LogP contribution is 2.15. The summed E-state index contributed by atoms with van der Waals surface area (Å²) in [6.07, 6.45) is 0. The monoisotopic (exact) mass is 246 g/mol. The van der Waals surface area contributed by atoms with Gasteiger partial charge in [-0.2, -0.15) is 0 Å². The number of hydrogen-bond acceptors (Lipinski definition) is 3. The van der Waals surface area contributed by atoms with Crippen molar-refractivity contribution in [2.75, 3.05) is 51.7 Å². The number of benzene rings is 1. The lowest BCUT2D eigenvalue weighted by molar-refractivity contribution is -0.132. The average Bonchev–Trinajstić information content (AvgIpc) is 2.39. The summed E-state index contributed by atoms with van der Waals surface area (Å²) >= 11 is 0. The van der Waals surface area contributed by atoms with Crippen LogP contribution in [0.25, 0.3) is 0 Å². The molecule has 0 unspecified atom stereocenters. The number of likely N-dealkylation sites (N-methyl/N-ethyl adjacent to an activating group) is 1. The molecular formula is C14H20N3O. The molecule has 0 spiro atoms. The number of anilines is 1. The van der Waals surface area contributed by atoms with E-state index in [0.29, 0.717) is 6.54 Å². The second-order valence-corrected chi connectivity index (χ2v) is 4.86. The normalized spacial score (nSPS) is 16.2. The molecule has 1 saturated heterocycles. The first-order valence-corrected chi connectivity index (χ1v) is 6.30. The molecule has 2 rings (SSSR count). The largest absolute Gasteiger partial charge is 0.368 e. The first kappa shape index (κ1) is 12.9. The minimum atomic E-state index is 0.223. The van der Waals surface area contributed by atoms with Crippen LogP contribution in [0.15, 0.2) is 24.3 Å². The fourth-order valence-electron chi connectivity index (χ4n) is 2.17. The number of amides is 1. The van der Waals surface area contributed by atoms with Gasteiger partial charge in [0.2, 0.25) is 5.91 Å². The maximum Gasteiger partial charge on any atom is 0.236 e. The van der Waals surface area contributed by atoms with E-state index in [1.807, 2.05) is 36.0 Å². The van der Waals surface area contributed by atoms with Crippen LogP contribution in [0, 0.1) is 6.07 Å².